The first-order valence-electron chi connectivity index (χ1n) is 5.89. The monoisotopic (exact) mass is 276 g/mol. The van der Waals surface area contributed by atoms with Crippen molar-refractivity contribution in [2.45, 2.75) is 36.7 Å². The Morgan fingerprint density at radius 2 is 2.22 bits per heavy atom. The number of ether oxygens (including phenoxy) is 1. The van der Waals surface area contributed by atoms with Gasteiger partial charge in [-0.1, -0.05) is 0 Å². The van der Waals surface area contributed by atoms with E-state index in [1.54, 1.807) is 0 Å². The van der Waals surface area contributed by atoms with Crippen LogP contribution in [0.15, 0.2) is 0 Å². The minimum Gasteiger partial charge on any atom is -0.479 e. The number of nitrogens with one attached hydrogen (secondary N) is 2. The number of amides is 2. The summed E-state index contributed by atoms with van der Waals surface area (Å²) in [6, 6.07) is -0.140. The van der Waals surface area contributed by atoms with Gasteiger partial charge in [-0.05, 0) is 25.5 Å². The van der Waals surface area contributed by atoms with Crippen molar-refractivity contribution in [2.24, 2.45) is 0 Å². The number of carboxylic acid groups (broad SMARTS) is 1. The number of methoxy groups -OCH3 is 1. The van der Waals surface area contributed by atoms with Gasteiger partial charge in [0, 0.05) is 18.4 Å². The number of thioether (sulfide) groups is 1. The van der Waals surface area contributed by atoms with E-state index in [-0.39, 0.29) is 18.6 Å². The van der Waals surface area contributed by atoms with Crippen LogP contribution in [-0.4, -0.2) is 54.4 Å². The van der Waals surface area contributed by atoms with Crippen LogP contribution in [0.3, 0.4) is 0 Å². The SMILES string of the molecule is COC(CNC(=O)NC1CCC(SC)C1)C(=O)O. The molecule has 0 bridgehead atoms. The molecule has 1 fully saturated rings. The second-order valence-electron chi connectivity index (χ2n) is 4.28. The molecular weight excluding hydrogens is 256 g/mol. The lowest BCUT2D eigenvalue weighted by molar-refractivity contribution is -0.147. The molecule has 0 radical (unpaired) electrons. The molecule has 1 aliphatic carbocycles. The quantitative estimate of drug-likeness (QED) is 0.663. The Balaban J connectivity index is 2.23. The Hall–Kier alpha value is -0.950. The maximum atomic E-state index is 11.6. The zero-order chi connectivity index (χ0) is 13.5. The fourth-order valence-electron chi connectivity index (χ4n) is 1.98. The first-order valence-corrected chi connectivity index (χ1v) is 7.18. The number of carbonyl (C=O) groups excluding carboxylic acids is 1. The number of carboxylic acids is 1. The average molecular weight is 276 g/mol. The normalized spacial score (nSPS) is 24.6. The molecule has 0 saturated heterocycles. The molecule has 0 aliphatic heterocycles. The van der Waals surface area contributed by atoms with Crippen LogP contribution in [-0.2, 0) is 9.53 Å². The van der Waals surface area contributed by atoms with Crippen molar-refractivity contribution in [3.05, 3.63) is 0 Å². The smallest absolute Gasteiger partial charge is 0.334 e. The molecule has 7 heteroatoms. The van der Waals surface area contributed by atoms with E-state index in [0.29, 0.717) is 5.25 Å². The maximum absolute atomic E-state index is 11.6. The molecule has 6 nitrogen and oxygen atoms in total. The van der Waals surface area contributed by atoms with Gasteiger partial charge in [0.2, 0.25) is 0 Å². The van der Waals surface area contributed by atoms with Gasteiger partial charge in [-0.3, -0.25) is 0 Å². The summed E-state index contributed by atoms with van der Waals surface area (Å²) in [5.41, 5.74) is 0. The van der Waals surface area contributed by atoms with E-state index < -0.39 is 12.1 Å². The Labute approximate surface area is 111 Å². The van der Waals surface area contributed by atoms with Crippen molar-refractivity contribution < 1.29 is 19.4 Å². The van der Waals surface area contributed by atoms with Crippen LogP contribution in [0.4, 0.5) is 4.79 Å². The zero-order valence-corrected chi connectivity index (χ0v) is 11.5. The molecule has 3 unspecified atom stereocenters. The van der Waals surface area contributed by atoms with E-state index >= 15 is 0 Å². The maximum Gasteiger partial charge on any atom is 0.334 e. The Kier molecular flexibility index (Phi) is 6.28. The third kappa shape index (κ3) is 4.73. The molecule has 3 atom stereocenters. The molecule has 0 spiro atoms. The predicted molar refractivity (Wildman–Crippen MR) is 69.9 cm³/mol. The number of carbonyl (C=O) groups is 2. The van der Waals surface area contributed by atoms with Gasteiger partial charge in [0.05, 0.1) is 6.54 Å². The summed E-state index contributed by atoms with van der Waals surface area (Å²) in [7, 11) is 1.30. The molecule has 1 aliphatic rings. The van der Waals surface area contributed by atoms with E-state index in [4.69, 9.17) is 9.84 Å². The van der Waals surface area contributed by atoms with Crippen molar-refractivity contribution in [3.63, 3.8) is 0 Å². The standard InChI is InChI=1S/C11H20N2O4S/c1-17-9(10(14)15)6-12-11(16)13-7-3-4-8(5-7)18-2/h7-9H,3-6H2,1-2H3,(H,14,15)(H2,12,13,16). The summed E-state index contributed by atoms with van der Waals surface area (Å²) in [6.45, 7) is -0.0314. The lowest BCUT2D eigenvalue weighted by atomic mass is 10.2. The molecule has 2 amide bonds. The van der Waals surface area contributed by atoms with Crippen molar-refractivity contribution in [2.75, 3.05) is 19.9 Å². The fraction of sp³-hybridized carbons (Fsp3) is 0.818. The van der Waals surface area contributed by atoms with Gasteiger partial charge in [-0.15, -0.1) is 0 Å². The van der Waals surface area contributed by atoms with E-state index in [9.17, 15) is 9.59 Å². The van der Waals surface area contributed by atoms with Crippen molar-refractivity contribution in [3.8, 4) is 0 Å². The first kappa shape index (κ1) is 15.1. The van der Waals surface area contributed by atoms with E-state index in [1.807, 2.05) is 11.8 Å². The number of rotatable bonds is 6. The molecule has 0 aromatic carbocycles. The number of aliphatic carboxylic acids is 1. The second-order valence-corrected chi connectivity index (χ2v) is 5.42. The molecule has 0 aromatic rings. The van der Waals surface area contributed by atoms with Gasteiger partial charge in [-0.25, -0.2) is 9.59 Å². The Morgan fingerprint density at radius 3 is 2.72 bits per heavy atom. The van der Waals surface area contributed by atoms with Crippen LogP contribution in [0, 0.1) is 0 Å². The molecule has 104 valence electrons. The van der Waals surface area contributed by atoms with Gasteiger partial charge in [0.15, 0.2) is 6.10 Å². The van der Waals surface area contributed by atoms with Gasteiger partial charge in [0.1, 0.15) is 0 Å². The van der Waals surface area contributed by atoms with E-state index in [1.165, 1.54) is 7.11 Å². The van der Waals surface area contributed by atoms with Crippen molar-refractivity contribution >= 4 is 23.8 Å². The Bertz CT molecular complexity index is 301. The minimum atomic E-state index is -1.08. The highest BCUT2D eigenvalue weighted by Gasteiger charge is 2.25. The van der Waals surface area contributed by atoms with Crippen LogP contribution in [0.2, 0.25) is 0 Å². The van der Waals surface area contributed by atoms with Crippen LogP contribution >= 0.6 is 11.8 Å². The predicted octanol–water partition coefficient (Wildman–Crippen LogP) is 0.669. The molecule has 0 aromatic heterocycles. The largest absolute Gasteiger partial charge is 0.479 e. The molecule has 0 heterocycles. The fourth-order valence-corrected chi connectivity index (χ4v) is 2.78. The molecule has 3 N–H and O–H groups in total. The summed E-state index contributed by atoms with van der Waals surface area (Å²) in [6.07, 6.45) is 4.14. The van der Waals surface area contributed by atoms with Crippen LogP contribution in [0.5, 0.6) is 0 Å². The van der Waals surface area contributed by atoms with E-state index in [2.05, 4.69) is 16.9 Å². The summed E-state index contributed by atoms with van der Waals surface area (Å²) in [5, 5.41) is 14.7. The minimum absolute atomic E-state index is 0.0314. The summed E-state index contributed by atoms with van der Waals surface area (Å²) in [4.78, 5) is 22.2. The second kappa shape index (κ2) is 7.48. The molecule has 18 heavy (non-hydrogen) atoms. The highest BCUT2D eigenvalue weighted by Crippen LogP contribution is 2.27. The highest BCUT2D eigenvalue weighted by atomic mass is 32.2. The number of urea groups is 1. The van der Waals surface area contributed by atoms with E-state index in [0.717, 1.165) is 19.3 Å². The summed E-state index contributed by atoms with van der Waals surface area (Å²) in [5.74, 6) is -1.08. The average Bonchev–Trinajstić information content (AvgIpc) is 2.77. The lowest BCUT2D eigenvalue weighted by Gasteiger charge is -2.15. The summed E-state index contributed by atoms with van der Waals surface area (Å²) < 4.78 is 4.72. The van der Waals surface area contributed by atoms with Gasteiger partial charge in [-0.2, -0.15) is 11.8 Å². The topological polar surface area (TPSA) is 87.7 Å². The van der Waals surface area contributed by atoms with Gasteiger partial charge in [0.25, 0.3) is 0 Å². The first-order chi connectivity index (χ1) is 8.56. The van der Waals surface area contributed by atoms with Crippen molar-refractivity contribution in [1.82, 2.24) is 10.6 Å². The molecule has 1 rings (SSSR count). The third-order valence-electron chi connectivity index (χ3n) is 3.06. The van der Waals surface area contributed by atoms with Crippen LogP contribution < -0.4 is 10.6 Å². The third-order valence-corrected chi connectivity index (χ3v) is 4.16. The van der Waals surface area contributed by atoms with Gasteiger partial charge < -0.3 is 20.5 Å². The molecule has 1 saturated carbocycles. The summed E-state index contributed by atoms with van der Waals surface area (Å²) >= 11 is 1.82. The zero-order valence-electron chi connectivity index (χ0n) is 10.6. The van der Waals surface area contributed by atoms with Crippen LogP contribution in [0.25, 0.3) is 0 Å². The Morgan fingerprint density at radius 1 is 1.50 bits per heavy atom. The molecular formula is C11H20N2O4S. The number of hydrogen-bond acceptors (Lipinski definition) is 4. The van der Waals surface area contributed by atoms with Crippen molar-refractivity contribution in [1.29, 1.82) is 0 Å². The lowest BCUT2D eigenvalue weighted by Crippen LogP contribution is -2.45. The highest BCUT2D eigenvalue weighted by molar-refractivity contribution is 7.99. The number of hydrogen-bond donors (Lipinski definition) is 3. The van der Waals surface area contributed by atoms with Crippen LogP contribution in [0.1, 0.15) is 19.3 Å². The van der Waals surface area contributed by atoms with Gasteiger partial charge >= 0.3 is 12.0 Å².